The molecule has 0 aromatic heterocycles. The Kier molecular flexibility index (Phi) is 5.79. The van der Waals surface area contributed by atoms with Crippen molar-refractivity contribution in [2.75, 3.05) is 20.6 Å². The number of nitrogens with one attached hydrogen (secondary N) is 2. The normalized spacial score (nSPS) is 13.8. The second-order valence-electron chi connectivity index (χ2n) is 5.82. The third-order valence-electron chi connectivity index (χ3n) is 2.44. The number of carbonyl (C=O) groups excluding carboxylic acids is 1. The van der Waals surface area contributed by atoms with Crippen molar-refractivity contribution in [2.45, 2.75) is 46.7 Å². The van der Waals surface area contributed by atoms with E-state index >= 15 is 0 Å². The molecular weight excluding hydrogens is 202 g/mol. The molecule has 2 N–H and O–H groups in total. The van der Waals surface area contributed by atoms with Crippen molar-refractivity contribution in [1.29, 1.82) is 0 Å². The molecule has 4 heteroatoms. The zero-order chi connectivity index (χ0) is 12.9. The summed E-state index contributed by atoms with van der Waals surface area (Å²) in [4.78, 5) is 13.0. The van der Waals surface area contributed by atoms with Gasteiger partial charge in [0.1, 0.15) is 0 Å². The van der Waals surface area contributed by atoms with Gasteiger partial charge in [0.15, 0.2) is 0 Å². The molecule has 0 bridgehead atoms. The van der Waals surface area contributed by atoms with Crippen LogP contribution in [-0.4, -0.2) is 43.7 Å². The number of urea groups is 1. The predicted octanol–water partition coefficient (Wildman–Crippen LogP) is 1.67. The van der Waals surface area contributed by atoms with Crippen molar-refractivity contribution in [3.8, 4) is 0 Å². The van der Waals surface area contributed by atoms with Gasteiger partial charge in [0.25, 0.3) is 0 Å². The van der Waals surface area contributed by atoms with E-state index in [9.17, 15) is 4.79 Å². The predicted molar refractivity (Wildman–Crippen MR) is 68.6 cm³/mol. The van der Waals surface area contributed by atoms with Crippen LogP contribution in [0.5, 0.6) is 0 Å². The summed E-state index contributed by atoms with van der Waals surface area (Å²) in [7, 11) is 3.49. The van der Waals surface area contributed by atoms with Crippen molar-refractivity contribution in [2.24, 2.45) is 5.41 Å². The van der Waals surface area contributed by atoms with E-state index in [1.165, 1.54) is 0 Å². The Morgan fingerprint density at radius 1 is 1.25 bits per heavy atom. The van der Waals surface area contributed by atoms with Crippen LogP contribution >= 0.6 is 0 Å². The summed E-state index contributed by atoms with van der Waals surface area (Å²) in [6.07, 6.45) is 0. The number of carbonyl (C=O) groups is 1. The topological polar surface area (TPSA) is 44.4 Å². The average Bonchev–Trinajstić information content (AvgIpc) is 2.08. The van der Waals surface area contributed by atoms with Crippen LogP contribution in [0.1, 0.15) is 34.6 Å². The average molecular weight is 229 g/mol. The Hall–Kier alpha value is -0.770. The first kappa shape index (κ1) is 15.2. The molecule has 0 fully saturated rings. The highest BCUT2D eigenvalue weighted by Crippen LogP contribution is 2.19. The fourth-order valence-corrected chi connectivity index (χ4v) is 1.36. The van der Waals surface area contributed by atoms with Crippen molar-refractivity contribution in [3.63, 3.8) is 0 Å². The number of hydrogen-bond donors (Lipinski definition) is 2. The lowest BCUT2D eigenvalue weighted by molar-refractivity contribution is 0.205. The van der Waals surface area contributed by atoms with Crippen molar-refractivity contribution >= 4 is 6.03 Å². The third-order valence-corrected chi connectivity index (χ3v) is 2.44. The highest BCUT2D eigenvalue weighted by molar-refractivity contribution is 5.73. The molecule has 16 heavy (non-hydrogen) atoms. The molecule has 1 atom stereocenters. The first-order valence-electron chi connectivity index (χ1n) is 5.85. The molecule has 0 saturated heterocycles. The molecule has 0 saturated carbocycles. The van der Waals surface area contributed by atoms with Crippen LogP contribution in [0.3, 0.4) is 0 Å². The third kappa shape index (κ3) is 5.95. The first-order valence-corrected chi connectivity index (χ1v) is 5.85. The van der Waals surface area contributed by atoms with E-state index in [0.29, 0.717) is 12.6 Å². The Morgan fingerprint density at radius 2 is 1.75 bits per heavy atom. The number of hydrogen-bond acceptors (Lipinski definition) is 2. The highest BCUT2D eigenvalue weighted by Gasteiger charge is 2.25. The molecule has 0 aromatic rings. The first-order chi connectivity index (χ1) is 7.14. The summed E-state index contributed by atoms with van der Waals surface area (Å²) >= 11 is 0. The monoisotopic (exact) mass is 229 g/mol. The molecule has 0 rings (SSSR count). The van der Waals surface area contributed by atoms with Crippen molar-refractivity contribution in [3.05, 3.63) is 0 Å². The zero-order valence-corrected chi connectivity index (χ0v) is 11.7. The zero-order valence-electron chi connectivity index (χ0n) is 11.7. The quantitative estimate of drug-likeness (QED) is 0.770. The molecule has 0 aromatic carbocycles. The SMILES string of the molecule is CC(C)N[C@H](CNC(=O)N(C)C)C(C)(C)C. The fourth-order valence-electron chi connectivity index (χ4n) is 1.36. The van der Waals surface area contributed by atoms with E-state index in [0.717, 1.165) is 0 Å². The maximum atomic E-state index is 11.4. The Labute approximate surface area is 99.8 Å². The Morgan fingerprint density at radius 3 is 2.06 bits per heavy atom. The Bertz CT molecular complexity index is 219. The van der Waals surface area contributed by atoms with Crippen LogP contribution < -0.4 is 10.6 Å². The lowest BCUT2D eigenvalue weighted by Crippen LogP contribution is -2.52. The van der Waals surface area contributed by atoms with Crippen LogP contribution in [0.15, 0.2) is 0 Å². The number of rotatable bonds is 4. The van der Waals surface area contributed by atoms with Gasteiger partial charge in [-0.15, -0.1) is 0 Å². The lowest BCUT2D eigenvalue weighted by atomic mass is 9.86. The summed E-state index contributed by atoms with van der Waals surface area (Å²) in [5.74, 6) is 0. The minimum atomic E-state index is -0.0418. The minimum Gasteiger partial charge on any atom is -0.336 e. The van der Waals surface area contributed by atoms with E-state index in [4.69, 9.17) is 0 Å². The van der Waals surface area contributed by atoms with E-state index < -0.39 is 0 Å². The van der Waals surface area contributed by atoms with E-state index in [1.54, 1.807) is 19.0 Å². The summed E-state index contributed by atoms with van der Waals surface area (Å²) in [5.41, 5.74) is 0.129. The van der Waals surface area contributed by atoms with Crippen molar-refractivity contribution < 1.29 is 4.79 Å². The maximum absolute atomic E-state index is 11.4. The van der Waals surface area contributed by atoms with Crippen molar-refractivity contribution in [1.82, 2.24) is 15.5 Å². The van der Waals surface area contributed by atoms with Gasteiger partial charge in [-0.1, -0.05) is 34.6 Å². The summed E-state index contributed by atoms with van der Waals surface area (Å²) in [5, 5.41) is 6.40. The van der Waals surface area contributed by atoms with E-state index in [2.05, 4.69) is 45.3 Å². The van der Waals surface area contributed by atoms with Crippen LogP contribution in [0.4, 0.5) is 4.79 Å². The molecular formula is C12H27N3O. The van der Waals surface area contributed by atoms with Gasteiger partial charge in [-0.25, -0.2) is 4.79 Å². The molecule has 2 amide bonds. The molecule has 0 aliphatic carbocycles. The molecule has 0 unspecified atom stereocenters. The van der Waals surface area contributed by atoms with Crippen LogP contribution in [0.25, 0.3) is 0 Å². The number of nitrogens with zero attached hydrogens (tertiary/aromatic N) is 1. The standard InChI is InChI=1S/C12H27N3O/c1-9(2)14-10(12(3,4)5)8-13-11(16)15(6)7/h9-10,14H,8H2,1-7H3,(H,13,16)/t10-/m1/s1. The van der Waals surface area contributed by atoms with Gasteiger partial charge in [0.05, 0.1) is 0 Å². The number of amides is 2. The van der Waals surface area contributed by atoms with Crippen LogP contribution in [0.2, 0.25) is 0 Å². The Balaban J connectivity index is 4.29. The minimum absolute atomic E-state index is 0.0418. The summed E-state index contributed by atoms with van der Waals surface area (Å²) < 4.78 is 0. The largest absolute Gasteiger partial charge is 0.336 e. The molecule has 0 radical (unpaired) electrons. The fraction of sp³-hybridized carbons (Fsp3) is 0.917. The summed E-state index contributed by atoms with van der Waals surface area (Å²) in [6, 6.07) is 0.650. The summed E-state index contributed by atoms with van der Waals surface area (Å²) in [6.45, 7) is 11.4. The van der Waals surface area contributed by atoms with Gasteiger partial charge >= 0.3 is 6.03 Å². The second-order valence-corrected chi connectivity index (χ2v) is 5.82. The molecule has 0 aliphatic rings. The van der Waals surface area contributed by atoms with Crippen LogP contribution in [-0.2, 0) is 0 Å². The van der Waals surface area contributed by atoms with Gasteiger partial charge < -0.3 is 15.5 Å². The highest BCUT2D eigenvalue weighted by atomic mass is 16.2. The molecule has 0 aliphatic heterocycles. The molecule has 4 nitrogen and oxygen atoms in total. The van der Waals surface area contributed by atoms with E-state index in [-0.39, 0.29) is 17.5 Å². The molecule has 0 heterocycles. The molecule has 96 valence electrons. The van der Waals surface area contributed by atoms with Gasteiger partial charge in [-0.2, -0.15) is 0 Å². The lowest BCUT2D eigenvalue weighted by Gasteiger charge is -2.33. The second kappa shape index (κ2) is 6.09. The van der Waals surface area contributed by atoms with Crippen LogP contribution in [0, 0.1) is 5.41 Å². The maximum Gasteiger partial charge on any atom is 0.316 e. The van der Waals surface area contributed by atoms with Gasteiger partial charge in [0.2, 0.25) is 0 Å². The van der Waals surface area contributed by atoms with E-state index in [1.807, 2.05) is 0 Å². The smallest absolute Gasteiger partial charge is 0.316 e. The molecule has 0 spiro atoms. The van der Waals surface area contributed by atoms with Gasteiger partial charge in [-0.05, 0) is 5.41 Å². The van der Waals surface area contributed by atoms with Gasteiger partial charge in [0, 0.05) is 32.7 Å². The van der Waals surface area contributed by atoms with Gasteiger partial charge in [-0.3, -0.25) is 0 Å².